The lowest BCUT2D eigenvalue weighted by Gasteiger charge is -2.32. The highest BCUT2D eigenvalue weighted by molar-refractivity contribution is 5.93. The third-order valence-corrected chi connectivity index (χ3v) is 6.20. The maximum Gasteiger partial charge on any atom is 0.471 e. The van der Waals surface area contributed by atoms with E-state index in [1.165, 1.54) is 13.4 Å². The summed E-state index contributed by atoms with van der Waals surface area (Å²) in [6.45, 7) is 5.67. The minimum absolute atomic E-state index is 0.230. The molecule has 1 aliphatic carbocycles. The summed E-state index contributed by atoms with van der Waals surface area (Å²) >= 11 is 0. The van der Waals surface area contributed by atoms with Gasteiger partial charge in [-0.15, -0.1) is 0 Å². The van der Waals surface area contributed by atoms with Crippen molar-refractivity contribution >= 4 is 28.8 Å². The second kappa shape index (κ2) is 12.0. The molecule has 10 nitrogen and oxygen atoms in total. The number of nitrogens with zero attached hydrogens (tertiary/aromatic N) is 3. The Morgan fingerprint density at radius 2 is 1.72 bits per heavy atom. The fourth-order valence-electron chi connectivity index (χ4n) is 4.26. The van der Waals surface area contributed by atoms with Gasteiger partial charge in [0.15, 0.2) is 11.5 Å². The molecular formula is C26H33F3N4O6. The molecule has 2 aromatic rings. The van der Waals surface area contributed by atoms with Gasteiger partial charge in [0.05, 0.1) is 18.7 Å². The van der Waals surface area contributed by atoms with E-state index in [1.807, 2.05) is 13.0 Å². The first-order valence-electron chi connectivity index (χ1n) is 12.5. The van der Waals surface area contributed by atoms with Crippen molar-refractivity contribution in [2.75, 3.05) is 20.2 Å². The number of carbonyl (C=O) groups is 3. The van der Waals surface area contributed by atoms with Crippen molar-refractivity contribution in [2.45, 2.75) is 71.3 Å². The van der Waals surface area contributed by atoms with Crippen LogP contribution in [0.15, 0.2) is 18.5 Å². The second-order valence-electron chi connectivity index (χ2n) is 10.3. The third-order valence-electron chi connectivity index (χ3n) is 6.20. The van der Waals surface area contributed by atoms with Crippen LogP contribution in [-0.4, -0.2) is 70.9 Å². The number of fused-ring (bicyclic) bond motifs is 1. The van der Waals surface area contributed by atoms with Gasteiger partial charge in [0, 0.05) is 36.2 Å². The average Bonchev–Trinajstić information content (AvgIpc) is 2.85. The largest absolute Gasteiger partial charge is 0.493 e. The van der Waals surface area contributed by atoms with Crippen LogP contribution in [0.3, 0.4) is 0 Å². The number of amides is 3. The number of halogens is 3. The maximum atomic E-state index is 13.3. The zero-order valence-corrected chi connectivity index (χ0v) is 22.6. The predicted molar refractivity (Wildman–Crippen MR) is 134 cm³/mol. The van der Waals surface area contributed by atoms with Gasteiger partial charge in [-0.25, -0.2) is 19.7 Å². The Hall–Kier alpha value is -3.64. The first-order chi connectivity index (χ1) is 18.2. The second-order valence-corrected chi connectivity index (χ2v) is 10.3. The molecule has 1 saturated carbocycles. The van der Waals surface area contributed by atoms with Crippen LogP contribution in [0, 0.1) is 12.8 Å². The van der Waals surface area contributed by atoms with Crippen molar-refractivity contribution < 1.29 is 41.8 Å². The average molecular weight is 555 g/mol. The number of hydrogen-bond donors (Lipinski definition) is 1. The summed E-state index contributed by atoms with van der Waals surface area (Å²) < 4.78 is 54.6. The van der Waals surface area contributed by atoms with Crippen LogP contribution in [0.25, 0.3) is 10.9 Å². The minimum atomic E-state index is -5.07. The first kappa shape index (κ1) is 29.9. The van der Waals surface area contributed by atoms with Gasteiger partial charge in [-0.3, -0.25) is 9.59 Å². The molecule has 1 aromatic heterocycles. The van der Waals surface area contributed by atoms with E-state index in [1.54, 1.807) is 32.2 Å². The number of nitrogens with one attached hydrogen (secondary N) is 1. The molecule has 0 saturated heterocycles. The normalized spacial score (nSPS) is 17.8. The van der Waals surface area contributed by atoms with Crippen molar-refractivity contribution in [3.63, 3.8) is 0 Å². The third kappa shape index (κ3) is 7.93. The van der Waals surface area contributed by atoms with E-state index in [0.717, 1.165) is 21.5 Å². The van der Waals surface area contributed by atoms with Gasteiger partial charge in [-0.05, 0) is 59.4 Å². The Bertz CT molecular complexity index is 1210. The maximum absolute atomic E-state index is 13.3. The molecule has 3 amide bonds. The Morgan fingerprint density at radius 3 is 2.31 bits per heavy atom. The fraction of sp³-hybridized carbons (Fsp3) is 0.577. The molecular weight excluding hydrogens is 521 g/mol. The standard InChI is InChI=1S/C26H33F3N4O6/c1-15-18-12-21(20(37-5)13-19(18)32-14-31-15)38-17-8-6-16(7-9-17)22(34)33(24(36)39-25(2,3)4)11-10-30-23(35)26(27,28)29/h12-14,16-17H,6-11H2,1-5H3,(H,30,35). The summed E-state index contributed by atoms with van der Waals surface area (Å²) in [5.41, 5.74) is 0.573. The number of aryl methyl sites for hydroxylation is 1. The lowest BCUT2D eigenvalue weighted by atomic mass is 9.86. The van der Waals surface area contributed by atoms with Crippen LogP contribution in [0.2, 0.25) is 0 Å². The summed E-state index contributed by atoms with van der Waals surface area (Å²) in [7, 11) is 1.53. The Labute approximate surface area is 224 Å². The van der Waals surface area contributed by atoms with Gasteiger partial charge in [-0.1, -0.05) is 0 Å². The fourth-order valence-corrected chi connectivity index (χ4v) is 4.26. The molecule has 1 N–H and O–H groups in total. The van der Waals surface area contributed by atoms with Crippen LogP contribution in [0.5, 0.6) is 11.5 Å². The lowest BCUT2D eigenvalue weighted by molar-refractivity contribution is -0.173. The van der Waals surface area contributed by atoms with Crippen LogP contribution in [0.4, 0.5) is 18.0 Å². The summed E-state index contributed by atoms with van der Waals surface area (Å²) in [6.07, 6.45) is -3.05. The van der Waals surface area contributed by atoms with Crippen LogP contribution in [0.1, 0.15) is 52.1 Å². The minimum Gasteiger partial charge on any atom is -0.493 e. The summed E-state index contributed by atoms with van der Waals surface area (Å²) in [4.78, 5) is 46.4. The van der Waals surface area contributed by atoms with Gasteiger partial charge in [0.1, 0.15) is 11.9 Å². The van der Waals surface area contributed by atoms with E-state index in [9.17, 15) is 27.6 Å². The van der Waals surface area contributed by atoms with Gasteiger partial charge < -0.3 is 19.5 Å². The lowest BCUT2D eigenvalue weighted by Crippen LogP contribution is -2.49. The highest BCUT2D eigenvalue weighted by atomic mass is 19.4. The zero-order chi connectivity index (χ0) is 29.0. The summed E-state index contributed by atoms with van der Waals surface area (Å²) in [5.74, 6) is -2.25. The van der Waals surface area contributed by atoms with Crippen molar-refractivity contribution in [1.82, 2.24) is 20.2 Å². The molecule has 1 aromatic carbocycles. The van der Waals surface area contributed by atoms with E-state index >= 15 is 0 Å². The topological polar surface area (TPSA) is 120 Å². The number of methoxy groups -OCH3 is 1. The molecule has 1 heterocycles. The molecule has 1 aliphatic rings. The van der Waals surface area contributed by atoms with Gasteiger partial charge >= 0.3 is 18.2 Å². The molecule has 13 heteroatoms. The number of aromatic nitrogens is 2. The number of carbonyl (C=O) groups excluding carboxylic acids is 3. The Balaban J connectivity index is 1.66. The van der Waals surface area contributed by atoms with Crippen molar-refractivity contribution in [3.05, 3.63) is 24.2 Å². The molecule has 39 heavy (non-hydrogen) atoms. The Morgan fingerprint density at radius 1 is 1.05 bits per heavy atom. The number of ether oxygens (including phenoxy) is 3. The number of hydrogen-bond acceptors (Lipinski definition) is 8. The van der Waals surface area contributed by atoms with Gasteiger partial charge in [0.2, 0.25) is 5.91 Å². The van der Waals surface area contributed by atoms with E-state index in [2.05, 4.69) is 9.97 Å². The number of alkyl halides is 3. The van der Waals surface area contributed by atoms with Crippen LogP contribution >= 0.6 is 0 Å². The smallest absolute Gasteiger partial charge is 0.471 e. The van der Waals surface area contributed by atoms with Crippen LogP contribution < -0.4 is 14.8 Å². The zero-order valence-electron chi connectivity index (χ0n) is 22.6. The monoisotopic (exact) mass is 554 g/mol. The van der Waals surface area contributed by atoms with Gasteiger partial charge in [-0.2, -0.15) is 13.2 Å². The predicted octanol–water partition coefficient (Wildman–Crippen LogP) is 4.33. The van der Waals surface area contributed by atoms with Gasteiger partial charge in [0.25, 0.3) is 0 Å². The molecule has 3 rings (SSSR count). The van der Waals surface area contributed by atoms with E-state index in [-0.39, 0.29) is 6.10 Å². The number of imide groups is 1. The molecule has 0 spiro atoms. The number of benzene rings is 1. The highest BCUT2D eigenvalue weighted by Gasteiger charge is 2.39. The summed E-state index contributed by atoms with van der Waals surface area (Å²) in [5, 5.41) is 2.51. The van der Waals surface area contributed by atoms with E-state index < -0.39 is 48.7 Å². The molecule has 0 radical (unpaired) electrons. The molecule has 0 aliphatic heterocycles. The molecule has 1 fully saturated rings. The van der Waals surface area contributed by atoms with Crippen molar-refractivity contribution in [3.8, 4) is 11.5 Å². The van der Waals surface area contributed by atoms with Crippen molar-refractivity contribution in [1.29, 1.82) is 0 Å². The van der Waals surface area contributed by atoms with E-state index in [0.29, 0.717) is 37.2 Å². The van der Waals surface area contributed by atoms with Crippen LogP contribution in [-0.2, 0) is 14.3 Å². The number of rotatable bonds is 7. The summed E-state index contributed by atoms with van der Waals surface area (Å²) in [6, 6.07) is 3.59. The van der Waals surface area contributed by atoms with E-state index in [4.69, 9.17) is 14.2 Å². The van der Waals surface area contributed by atoms with Crippen molar-refractivity contribution in [2.24, 2.45) is 5.92 Å². The molecule has 214 valence electrons. The first-order valence-corrected chi connectivity index (χ1v) is 12.5. The molecule has 0 bridgehead atoms. The SMILES string of the molecule is COc1cc2ncnc(C)c2cc1OC1CCC(C(=O)N(CCNC(=O)C(F)(F)F)C(=O)OC(C)(C)C)CC1. The molecule has 0 unspecified atom stereocenters. The highest BCUT2D eigenvalue weighted by Crippen LogP contribution is 2.36. The Kier molecular flexibility index (Phi) is 9.23. The molecule has 0 atom stereocenters. The quantitative estimate of drug-likeness (QED) is 0.537.